The molecule has 0 saturated carbocycles. The van der Waals surface area contributed by atoms with Crippen molar-refractivity contribution in [3.05, 3.63) is 65.3 Å². The molecular formula is C16H12N6S. The van der Waals surface area contributed by atoms with Gasteiger partial charge in [-0.05, 0) is 30.4 Å². The Hall–Kier alpha value is -3.06. The molecule has 0 radical (unpaired) electrons. The van der Waals surface area contributed by atoms with E-state index in [2.05, 4.69) is 25.3 Å². The molecule has 23 heavy (non-hydrogen) atoms. The van der Waals surface area contributed by atoms with Crippen molar-refractivity contribution in [2.24, 2.45) is 5.10 Å². The fourth-order valence-corrected chi connectivity index (χ4v) is 2.58. The third-order valence-corrected chi connectivity index (χ3v) is 3.77. The van der Waals surface area contributed by atoms with Gasteiger partial charge in [0.2, 0.25) is 4.77 Å². The fraction of sp³-hybridized carbons (Fsp3) is 0. The van der Waals surface area contributed by atoms with E-state index in [4.69, 9.17) is 12.2 Å². The van der Waals surface area contributed by atoms with Crippen molar-refractivity contribution in [1.82, 2.24) is 24.8 Å². The zero-order valence-electron chi connectivity index (χ0n) is 12.0. The lowest BCUT2D eigenvalue weighted by molar-refractivity contribution is 0.871. The van der Waals surface area contributed by atoms with E-state index in [1.54, 1.807) is 23.3 Å². The average Bonchev–Trinajstić information content (AvgIpc) is 3.17. The third kappa shape index (κ3) is 2.47. The number of rotatable bonds is 3. The molecule has 0 bridgehead atoms. The Bertz CT molecular complexity index is 1040. The van der Waals surface area contributed by atoms with Crippen LogP contribution in [0, 0.1) is 4.77 Å². The Morgan fingerprint density at radius 3 is 2.96 bits per heavy atom. The molecule has 0 aliphatic rings. The standard InChI is InChI=1S/C16H12N6S/c23-16-21-20-15(11-4-3-7-17-8-11)22(16)19-10-12-9-18-14-6-2-1-5-13(12)14/h1-10,18H,(H,21,23). The van der Waals surface area contributed by atoms with Crippen LogP contribution in [0.2, 0.25) is 0 Å². The molecule has 1 aromatic carbocycles. The van der Waals surface area contributed by atoms with Gasteiger partial charge in [-0.3, -0.25) is 4.98 Å². The molecule has 0 unspecified atom stereocenters. The molecule has 6 nitrogen and oxygen atoms in total. The van der Waals surface area contributed by atoms with Crippen molar-refractivity contribution >= 4 is 29.3 Å². The Labute approximate surface area is 136 Å². The molecule has 3 aromatic heterocycles. The first kappa shape index (κ1) is 13.6. The maximum atomic E-state index is 5.27. The highest BCUT2D eigenvalue weighted by Gasteiger charge is 2.08. The van der Waals surface area contributed by atoms with E-state index < -0.39 is 0 Å². The van der Waals surface area contributed by atoms with Crippen LogP contribution in [0.1, 0.15) is 5.56 Å². The number of para-hydroxylation sites is 1. The summed E-state index contributed by atoms with van der Waals surface area (Å²) in [6.07, 6.45) is 7.12. The van der Waals surface area contributed by atoms with Crippen molar-refractivity contribution in [2.45, 2.75) is 0 Å². The summed E-state index contributed by atoms with van der Waals surface area (Å²) in [5.74, 6) is 0.624. The lowest BCUT2D eigenvalue weighted by atomic mass is 10.2. The van der Waals surface area contributed by atoms with Crippen LogP contribution in [0.5, 0.6) is 0 Å². The Balaban J connectivity index is 1.78. The summed E-state index contributed by atoms with van der Waals surface area (Å²) >= 11 is 5.27. The van der Waals surface area contributed by atoms with Gasteiger partial charge in [0.15, 0.2) is 5.82 Å². The first-order valence-corrected chi connectivity index (χ1v) is 7.42. The lowest BCUT2D eigenvalue weighted by Gasteiger charge is -1.99. The van der Waals surface area contributed by atoms with Crippen LogP contribution in [0.25, 0.3) is 22.3 Å². The predicted molar refractivity (Wildman–Crippen MR) is 91.9 cm³/mol. The minimum atomic E-state index is 0.431. The average molecular weight is 320 g/mol. The van der Waals surface area contributed by atoms with Crippen LogP contribution in [-0.4, -0.2) is 31.1 Å². The predicted octanol–water partition coefficient (Wildman–Crippen LogP) is 3.37. The molecular weight excluding hydrogens is 308 g/mol. The van der Waals surface area contributed by atoms with Crippen LogP contribution < -0.4 is 0 Å². The number of fused-ring (bicyclic) bond motifs is 1. The second kappa shape index (κ2) is 5.62. The normalized spacial score (nSPS) is 11.5. The van der Waals surface area contributed by atoms with E-state index in [0.717, 1.165) is 22.0 Å². The van der Waals surface area contributed by atoms with E-state index >= 15 is 0 Å². The van der Waals surface area contributed by atoms with Gasteiger partial charge < -0.3 is 4.98 Å². The van der Waals surface area contributed by atoms with Crippen molar-refractivity contribution in [3.8, 4) is 11.4 Å². The van der Waals surface area contributed by atoms with Gasteiger partial charge in [0.25, 0.3) is 0 Å². The van der Waals surface area contributed by atoms with Gasteiger partial charge in [0, 0.05) is 40.6 Å². The minimum Gasteiger partial charge on any atom is -0.361 e. The van der Waals surface area contributed by atoms with Gasteiger partial charge in [-0.25, -0.2) is 5.10 Å². The molecule has 2 N–H and O–H groups in total. The third-order valence-electron chi connectivity index (χ3n) is 3.50. The lowest BCUT2D eigenvalue weighted by Crippen LogP contribution is -1.95. The van der Waals surface area contributed by atoms with Gasteiger partial charge in [-0.2, -0.15) is 14.9 Å². The highest BCUT2D eigenvalue weighted by atomic mass is 32.1. The number of nitrogens with zero attached hydrogens (tertiary/aromatic N) is 4. The number of hydrogen-bond donors (Lipinski definition) is 2. The summed E-state index contributed by atoms with van der Waals surface area (Å²) in [6, 6.07) is 11.8. The highest BCUT2D eigenvalue weighted by molar-refractivity contribution is 7.71. The van der Waals surface area contributed by atoms with Gasteiger partial charge in [0.1, 0.15) is 0 Å². The van der Waals surface area contributed by atoms with Crippen LogP contribution in [0.3, 0.4) is 0 Å². The minimum absolute atomic E-state index is 0.431. The Morgan fingerprint density at radius 2 is 2.09 bits per heavy atom. The first-order valence-electron chi connectivity index (χ1n) is 7.01. The summed E-state index contributed by atoms with van der Waals surface area (Å²) in [5.41, 5.74) is 2.90. The number of H-pyrrole nitrogens is 2. The SMILES string of the molecule is S=c1[nH]nc(-c2cccnc2)n1N=Cc1c[nH]c2ccccc12. The number of aromatic nitrogens is 5. The second-order valence-corrected chi connectivity index (χ2v) is 5.33. The molecule has 0 aliphatic carbocycles. The van der Waals surface area contributed by atoms with E-state index in [9.17, 15) is 0 Å². The van der Waals surface area contributed by atoms with Gasteiger partial charge in [0.05, 0.1) is 6.21 Å². The van der Waals surface area contributed by atoms with Crippen molar-refractivity contribution in [2.75, 3.05) is 0 Å². The van der Waals surface area contributed by atoms with Crippen molar-refractivity contribution in [1.29, 1.82) is 0 Å². The second-order valence-electron chi connectivity index (χ2n) is 4.94. The quantitative estimate of drug-likeness (QED) is 0.449. The van der Waals surface area contributed by atoms with Crippen molar-refractivity contribution < 1.29 is 0 Å². The topological polar surface area (TPSA) is 74.7 Å². The molecule has 0 saturated heterocycles. The maximum absolute atomic E-state index is 5.27. The van der Waals surface area contributed by atoms with Crippen LogP contribution in [-0.2, 0) is 0 Å². The molecule has 3 heterocycles. The van der Waals surface area contributed by atoms with Crippen LogP contribution >= 0.6 is 12.2 Å². The molecule has 0 aliphatic heterocycles. The Kier molecular flexibility index (Phi) is 3.32. The highest BCUT2D eigenvalue weighted by Crippen LogP contribution is 2.18. The number of hydrogen-bond acceptors (Lipinski definition) is 4. The Morgan fingerprint density at radius 1 is 1.17 bits per heavy atom. The molecule has 7 heteroatoms. The maximum Gasteiger partial charge on any atom is 0.216 e. The van der Waals surface area contributed by atoms with Gasteiger partial charge in [-0.15, -0.1) is 0 Å². The fourth-order valence-electron chi connectivity index (χ4n) is 2.40. The monoisotopic (exact) mass is 320 g/mol. The first-order chi connectivity index (χ1) is 11.3. The van der Waals surface area contributed by atoms with Gasteiger partial charge >= 0.3 is 0 Å². The van der Waals surface area contributed by atoms with E-state index in [-0.39, 0.29) is 0 Å². The molecule has 4 aromatic rings. The van der Waals surface area contributed by atoms with E-state index in [0.29, 0.717) is 10.6 Å². The summed E-state index contributed by atoms with van der Waals surface area (Å²) in [7, 11) is 0. The molecule has 112 valence electrons. The smallest absolute Gasteiger partial charge is 0.216 e. The molecule has 0 atom stereocenters. The summed E-state index contributed by atoms with van der Waals surface area (Å²) in [4.78, 5) is 7.32. The van der Waals surface area contributed by atoms with Crippen molar-refractivity contribution in [3.63, 3.8) is 0 Å². The zero-order valence-corrected chi connectivity index (χ0v) is 12.8. The van der Waals surface area contributed by atoms with E-state index in [1.165, 1.54) is 0 Å². The summed E-state index contributed by atoms with van der Waals surface area (Å²) in [6.45, 7) is 0. The number of aromatic amines is 2. The zero-order chi connectivity index (χ0) is 15.6. The summed E-state index contributed by atoms with van der Waals surface area (Å²) < 4.78 is 2.02. The number of benzene rings is 1. The van der Waals surface area contributed by atoms with Crippen LogP contribution in [0.4, 0.5) is 0 Å². The number of nitrogens with one attached hydrogen (secondary N) is 2. The van der Waals surface area contributed by atoms with Crippen LogP contribution in [0.15, 0.2) is 60.1 Å². The molecule has 4 rings (SSSR count). The van der Waals surface area contributed by atoms with E-state index in [1.807, 2.05) is 42.6 Å². The largest absolute Gasteiger partial charge is 0.361 e. The molecule has 0 spiro atoms. The molecule has 0 fully saturated rings. The number of pyridine rings is 1. The van der Waals surface area contributed by atoms with Gasteiger partial charge in [-0.1, -0.05) is 18.2 Å². The molecule has 0 amide bonds. The summed E-state index contributed by atoms with van der Waals surface area (Å²) in [5, 5.41) is 12.6.